The van der Waals surface area contributed by atoms with Crippen LogP contribution in [0.25, 0.3) is 0 Å². The molecule has 2 rings (SSSR count). The maximum Gasteiger partial charge on any atom is 0.339 e. The molecule has 0 saturated heterocycles. The number of hydrogen-bond acceptors (Lipinski definition) is 4. The van der Waals surface area contributed by atoms with E-state index in [2.05, 4.69) is 5.32 Å². The smallest absolute Gasteiger partial charge is 0.339 e. The molecule has 2 aromatic rings. The summed E-state index contributed by atoms with van der Waals surface area (Å²) in [5, 5.41) is 2.44. The molecule has 0 radical (unpaired) electrons. The van der Waals surface area contributed by atoms with E-state index in [4.69, 9.17) is 16.3 Å². The van der Waals surface area contributed by atoms with E-state index in [1.165, 1.54) is 18.4 Å². The van der Waals surface area contributed by atoms with Crippen molar-refractivity contribution in [3.8, 4) is 0 Å². The van der Waals surface area contributed by atoms with Crippen LogP contribution in [0, 0.1) is 5.82 Å². The Hall–Kier alpha value is -2.25. The first-order valence-corrected chi connectivity index (χ1v) is 8.66. The summed E-state index contributed by atoms with van der Waals surface area (Å²) >= 11 is 5.79. The van der Waals surface area contributed by atoms with Gasteiger partial charge in [0, 0.05) is 6.26 Å². The lowest BCUT2D eigenvalue weighted by Gasteiger charge is -2.09. The van der Waals surface area contributed by atoms with Gasteiger partial charge in [-0.3, -0.25) is 9.00 Å². The molecule has 2 aromatic carbocycles. The van der Waals surface area contributed by atoms with Crippen LogP contribution in [0.5, 0.6) is 0 Å². The molecule has 0 aliphatic heterocycles. The SMILES string of the molecule is C[S@@](=O)c1ccccc1C(=O)OCC(=O)Nc1ccc(F)cc1Cl. The van der Waals surface area contributed by atoms with Gasteiger partial charge in [-0.25, -0.2) is 9.18 Å². The first kappa shape index (κ1) is 18.1. The molecule has 0 aliphatic carbocycles. The number of amides is 1. The van der Waals surface area contributed by atoms with Crippen molar-refractivity contribution in [1.82, 2.24) is 0 Å². The van der Waals surface area contributed by atoms with E-state index in [0.717, 1.165) is 12.1 Å². The van der Waals surface area contributed by atoms with Gasteiger partial charge in [0.15, 0.2) is 6.61 Å². The van der Waals surface area contributed by atoms with Crippen LogP contribution in [-0.2, 0) is 20.3 Å². The third-order valence-corrected chi connectivity index (χ3v) is 4.24. The van der Waals surface area contributed by atoms with Gasteiger partial charge in [-0.15, -0.1) is 0 Å². The van der Waals surface area contributed by atoms with Crippen molar-refractivity contribution in [3.05, 3.63) is 58.9 Å². The minimum atomic E-state index is -1.37. The largest absolute Gasteiger partial charge is 0.452 e. The number of ether oxygens (including phenoxy) is 1. The van der Waals surface area contributed by atoms with E-state index in [9.17, 15) is 18.2 Å². The molecule has 126 valence electrons. The number of nitrogens with one attached hydrogen (secondary N) is 1. The van der Waals surface area contributed by atoms with Gasteiger partial charge in [0.2, 0.25) is 0 Å². The van der Waals surface area contributed by atoms with Crippen LogP contribution in [0.15, 0.2) is 47.4 Å². The van der Waals surface area contributed by atoms with E-state index in [-0.39, 0.29) is 16.3 Å². The summed E-state index contributed by atoms with van der Waals surface area (Å²) < 4.78 is 29.4. The molecule has 1 atom stereocenters. The van der Waals surface area contributed by atoms with Crippen LogP contribution in [0.3, 0.4) is 0 Å². The molecule has 1 amide bonds. The predicted octanol–water partition coefficient (Wildman–Crippen LogP) is 3.01. The van der Waals surface area contributed by atoms with Gasteiger partial charge in [-0.05, 0) is 30.3 Å². The second kappa shape index (κ2) is 8.03. The van der Waals surface area contributed by atoms with Crippen molar-refractivity contribution < 1.29 is 22.9 Å². The molecule has 0 heterocycles. The van der Waals surface area contributed by atoms with Gasteiger partial charge < -0.3 is 10.1 Å². The van der Waals surface area contributed by atoms with Crippen molar-refractivity contribution in [1.29, 1.82) is 0 Å². The Bertz CT molecular complexity index is 812. The second-order valence-corrected chi connectivity index (χ2v) is 6.45. The van der Waals surface area contributed by atoms with E-state index < -0.39 is 35.1 Å². The van der Waals surface area contributed by atoms with Crippen LogP contribution in [-0.4, -0.2) is 28.9 Å². The normalized spacial score (nSPS) is 11.6. The molecule has 0 spiro atoms. The van der Waals surface area contributed by atoms with E-state index in [1.54, 1.807) is 18.2 Å². The average Bonchev–Trinajstić information content (AvgIpc) is 2.55. The Morgan fingerprint density at radius 2 is 1.96 bits per heavy atom. The summed E-state index contributed by atoms with van der Waals surface area (Å²) in [6.07, 6.45) is 1.44. The van der Waals surface area contributed by atoms with Gasteiger partial charge in [0.05, 0.1) is 32.0 Å². The Kier molecular flexibility index (Phi) is 6.05. The molecule has 0 saturated carbocycles. The van der Waals surface area contributed by atoms with Crippen LogP contribution >= 0.6 is 11.6 Å². The monoisotopic (exact) mass is 369 g/mol. The Morgan fingerprint density at radius 1 is 1.25 bits per heavy atom. The third kappa shape index (κ3) is 4.62. The van der Waals surface area contributed by atoms with Crippen LogP contribution in [0.4, 0.5) is 10.1 Å². The zero-order valence-corrected chi connectivity index (χ0v) is 14.1. The highest BCUT2D eigenvalue weighted by molar-refractivity contribution is 7.84. The maximum atomic E-state index is 12.9. The summed E-state index contributed by atoms with van der Waals surface area (Å²) in [4.78, 5) is 24.2. The fourth-order valence-electron chi connectivity index (χ4n) is 1.87. The maximum absolute atomic E-state index is 12.9. The number of halogens is 2. The number of benzene rings is 2. The minimum Gasteiger partial charge on any atom is -0.452 e. The van der Waals surface area contributed by atoms with Gasteiger partial charge in [-0.1, -0.05) is 23.7 Å². The van der Waals surface area contributed by atoms with Crippen LogP contribution < -0.4 is 5.32 Å². The first-order valence-electron chi connectivity index (χ1n) is 6.73. The molecule has 0 aliphatic rings. The highest BCUT2D eigenvalue weighted by Gasteiger charge is 2.16. The average molecular weight is 370 g/mol. The number of carbonyl (C=O) groups is 2. The van der Waals surface area contributed by atoms with Gasteiger partial charge >= 0.3 is 5.97 Å². The molecule has 0 bridgehead atoms. The van der Waals surface area contributed by atoms with Crippen molar-refractivity contribution in [2.24, 2.45) is 0 Å². The molecule has 24 heavy (non-hydrogen) atoms. The zero-order valence-electron chi connectivity index (χ0n) is 12.5. The van der Waals surface area contributed by atoms with E-state index in [1.807, 2.05) is 0 Å². The van der Waals surface area contributed by atoms with Crippen molar-refractivity contribution >= 4 is 40.0 Å². The number of rotatable bonds is 5. The van der Waals surface area contributed by atoms with E-state index in [0.29, 0.717) is 4.90 Å². The summed E-state index contributed by atoms with van der Waals surface area (Å²) in [7, 11) is -1.37. The predicted molar refractivity (Wildman–Crippen MR) is 89.1 cm³/mol. The lowest BCUT2D eigenvalue weighted by molar-refractivity contribution is -0.119. The van der Waals surface area contributed by atoms with Crippen molar-refractivity contribution in [2.45, 2.75) is 4.90 Å². The molecule has 8 heteroatoms. The summed E-state index contributed by atoms with van der Waals surface area (Å²) in [6, 6.07) is 9.75. The highest BCUT2D eigenvalue weighted by Crippen LogP contribution is 2.22. The first-order chi connectivity index (χ1) is 11.4. The summed E-state index contributed by atoms with van der Waals surface area (Å²) in [5.74, 6) is -1.93. The Labute approximate surface area is 145 Å². The zero-order chi connectivity index (χ0) is 17.7. The standard InChI is InChI=1S/C16H13ClFNO4S/c1-24(22)14-5-3-2-4-11(14)16(21)23-9-15(20)19-13-7-6-10(18)8-12(13)17/h2-8H,9H2,1H3,(H,19,20)/t24-/m1/s1. The Balaban J connectivity index is 1.99. The molecule has 0 aromatic heterocycles. The molecule has 0 unspecified atom stereocenters. The lowest BCUT2D eigenvalue weighted by Crippen LogP contribution is -2.21. The fraction of sp³-hybridized carbons (Fsp3) is 0.125. The van der Waals surface area contributed by atoms with Gasteiger partial charge in [-0.2, -0.15) is 0 Å². The fourth-order valence-corrected chi connectivity index (χ4v) is 2.82. The van der Waals surface area contributed by atoms with Crippen molar-refractivity contribution in [2.75, 3.05) is 18.2 Å². The van der Waals surface area contributed by atoms with Crippen LogP contribution in [0.1, 0.15) is 10.4 Å². The molecular weight excluding hydrogens is 357 g/mol. The van der Waals surface area contributed by atoms with Gasteiger partial charge in [0.25, 0.3) is 5.91 Å². The van der Waals surface area contributed by atoms with Crippen LogP contribution in [0.2, 0.25) is 5.02 Å². The molecule has 0 fully saturated rings. The third-order valence-electron chi connectivity index (χ3n) is 2.96. The number of hydrogen-bond donors (Lipinski definition) is 1. The second-order valence-electron chi connectivity index (χ2n) is 4.70. The quantitative estimate of drug-likeness (QED) is 0.822. The van der Waals surface area contributed by atoms with E-state index >= 15 is 0 Å². The topological polar surface area (TPSA) is 72.5 Å². The number of anilines is 1. The minimum absolute atomic E-state index is 0.0291. The Morgan fingerprint density at radius 3 is 2.62 bits per heavy atom. The molecule has 5 nitrogen and oxygen atoms in total. The molecular formula is C16H13ClFNO4S. The van der Waals surface area contributed by atoms with Gasteiger partial charge in [0.1, 0.15) is 5.82 Å². The number of esters is 1. The number of carbonyl (C=O) groups excluding carboxylic acids is 2. The summed E-state index contributed by atoms with van der Waals surface area (Å²) in [6.45, 7) is -0.558. The lowest BCUT2D eigenvalue weighted by atomic mass is 10.2. The molecule has 1 N–H and O–H groups in total. The highest BCUT2D eigenvalue weighted by atomic mass is 35.5. The van der Waals surface area contributed by atoms with Crippen molar-refractivity contribution in [3.63, 3.8) is 0 Å². The summed E-state index contributed by atoms with van der Waals surface area (Å²) in [5.41, 5.74) is 0.333.